The second-order valence-electron chi connectivity index (χ2n) is 4.69. The molecule has 0 fully saturated rings. The summed E-state index contributed by atoms with van der Waals surface area (Å²) >= 11 is 5.88. The number of hydrogen-bond donors (Lipinski definition) is 0. The Kier molecular flexibility index (Phi) is 3.70. The minimum Gasteiger partial charge on any atom is -0.218 e. The van der Waals surface area contributed by atoms with Crippen LogP contribution in [0.3, 0.4) is 0 Å². The average molecular weight is 295 g/mol. The molecule has 100 valence electrons. The van der Waals surface area contributed by atoms with E-state index in [0.29, 0.717) is 9.92 Å². The number of rotatable bonds is 2. The Morgan fingerprint density at radius 1 is 0.947 bits per heavy atom. The van der Waals surface area contributed by atoms with E-state index in [-0.39, 0.29) is 4.90 Å². The molecular weight excluding hydrogens is 280 g/mol. The van der Waals surface area contributed by atoms with Gasteiger partial charge in [0.05, 0.1) is 9.79 Å². The van der Waals surface area contributed by atoms with Crippen LogP contribution in [-0.2, 0) is 9.84 Å². The lowest BCUT2D eigenvalue weighted by atomic mass is 10.1. The quantitative estimate of drug-likeness (QED) is 0.836. The topological polar surface area (TPSA) is 34.1 Å². The van der Waals surface area contributed by atoms with Crippen LogP contribution in [0.1, 0.15) is 16.7 Å². The summed E-state index contributed by atoms with van der Waals surface area (Å²) in [6.07, 6.45) is 0. The molecule has 2 nitrogen and oxygen atoms in total. The van der Waals surface area contributed by atoms with E-state index in [0.717, 1.165) is 16.7 Å². The van der Waals surface area contributed by atoms with Crippen LogP contribution in [0, 0.1) is 20.8 Å². The third kappa shape index (κ3) is 2.67. The maximum absolute atomic E-state index is 12.7. The Hall–Kier alpha value is -1.32. The Balaban J connectivity index is 2.71. The summed E-state index contributed by atoms with van der Waals surface area (Å²) in [5.41, 5.74) is 2.58. The van der Waals surface area contributed by atoms with Crippen LogP contribution < -0.4 is 0 Å². The zero-order valence-electron chi connectivity index (χ0n) is 11.1. The summed E-state index contributed by atoms with van der Waals surface area (Å²) in [5, 5.41) is 0.420. The van der Waals surface area contributed by atoms with Crippen LogP contribution in [-0.4, -0.2) is 8.42 Å². The minimum atomic E-state index is -3.52. The number of sulfone groups is 1. The van der Waals surface area contributed by atoms with Gasteiger partial charge in [0.25, 0.3) is 0 Å². The van der Waals surface area contributed by atoms with E-state index in [2.05, 4.69) is 0 Å². The summed E-state index contributed by atoms with van der Waals surface area (Å²) in [4.78, 5) is 0.607. The second-order valence-corrected chi connectivity index (χ2v) is 7.01. The zero-order valence-corrected chi connectivity index (χ0v) is 12.6. The molecule has 4 heteroatoms. The van der Waals surface area contributed by atoms with Gasteiger partial charge in [0.1, 0.15) is 0 Å². The molecule has 0 aliphatic carbocycles. The van der Waals surface area contributed by atoms with Crippen molar-refractivity contribution >= 4 is 21.4 Å². The van der Waals surface area contributed by atoms with E-state index in [1.54, 1.807) is 18.2 Å². The summed E-state index contributed by atoms with van der Waals surface area (Å²) in [5.74, 6) is 0. The fourth-order valence-corrected chi connectivity index (χ4v) is 4.34. The fourth-order valence-electron chi connectivity index (χ4n) is 2.34. The molecule has 0 saturated heterocycles. The first-order valence-electron chi connectivity index (χ1n) is 5.91. The lowest BCUT2D eigenvalue weighted by Gasteiger charge is -2.12. The average Bonchev–Trinajstić information content (AvgIpc) is 2.26. The first-order valence-corrected chi connectivity index (χ1v) is 7.77. The second kappa shape index (κ2) is 4.99. The molecule has 0 aliphatic heterocycles. The summed E-state index contributed by atoms with van der Waals surface area (Å²) in [6.45, 7) is 5.59. The molecule has 0 aliphatic rings. The molecule has 0 radical (unpaired) electrons. The van der Waals surface area contributed by atoms with Gasteiger partial charge >= 0.3 is 0 Å². The van der Waals surface area contributed by atoms with Crippen LogP contribution in [0.15, 0.2) is 46.2 Å². The summed E-state index contributed by atoms with van der Waals surface area (Å²) < 4.78 is 25.4. The van der Waals surface area contributed by atoms with Crippen LogP contribution in [0.25, 0.3) is 0 Å². The monoisotopic (exact) mass is 294 g/mol. The Labute approximate surface area is 119 Å². The first kappa shape index (κ1) is 14.1. The van der Waals surface area contributed by atoms with Crippen molar-refractivity contribution < 1.29 is 8.42 Å². The highest BCUT2D eigenvalue weighted by atomic mass is 35.5. The Morgan fingerprint density at radius 2 is 1.53 bits per heavy atom. The smallest absolute Gasteiger partial charge is 0.207 e. The largest absolute Gasteiger partial charge is 0.218 e. The maximum atomic E-state index is 12.7. The van der Waals surface area contributed by atoms with Crippen molar-refractivity contribution in [2.24, 2.45) is 0 Å². The highest BCUT2D eigenvalue weighted by Gasteiger charge is 2.22. The molecule has 0 spiro atoms. The van der Waals surface area contributed by atoms with Gasteiger partial charge in [-0.1, -0.05) is 35.4 Å². The fraction of sp³-hybridized carbons (Fsp3) is 0.200. The van der Waals surface area contributed by atoms with Crippen molar-refractivity contribution in [2.75, 3.05) is 0 Å². The van der Waals surface area contributed by atoms with Gasteiger partial charge in [-0.05, 0) is 50.1 Å². The molecule has 2 aromatic rings. The van der Waals surface area contributed by atoms with Crippen molar-refractivity contribution in [3.8, 4) is 0 Å². The van der Waals surface area contributed by atoms with E-state index in [1.807, 2.05) is 32.9 Å². The highest BCUT2D eigenvalue weighted by Crippen LogP contribution is 2.29. The van der Waals surface area contributed by atoms with E-state index in [9.17, 15) is 8.42 Å². The van der Waals surface area contributed by atoms with Gasteiger partial charge in [0.2, 0.25) is 9.84 Å². The van der Waals surface area contributed by atoms with Gasteiger partial charge in [-0.25, -0.2) is 8.42 Å². The van der Waals surface area contributed by atoms with Crippen LogP contribution in [0.2, 0.25) is 5.02 Å². The van der Waals surface area contributed by atoms with Crippen molar-refractivity contribution in [3.63, 3.8) is 0 Å². The van der Waals surface area contributed by atoms with Gasteiger partial charge in [0.15, 0.2) is 0 Å². The minimum absolute atomic E-state index is 0.232. The normalized spacial score (nSPS) is 11.6. The molecular formula is C15H15ClO2S. The third-order valence-electron chi connectivity index (χ3n) is 2.98. The summed E-state index contributed by atoms with van der Waals surface area (Å²) in [6, 6.07) is 10.1. The number of aryl methyl sites for hydroxylation is 3. The van der Waals surface area contributed by atoms with Gasteiger partial charge in [-0.15, -0.1) is 0 Å². The standard InChI is InChI=1S/C15H15ClO2S/c1-10-7-11(2)15(12(3)8-10)19(17,18)14-6-4-5-13(16)9-14/h4-9H,1-3H3. The van der Waals surface area contributed by atoms with Crippen LogP contribution in [0.4, 0.5) is 0 Å². The molecule has 0 aromatic heterocycles. The molecule has 0 saturated carbocycles. The predicted octanol–water partition coefficient (Wildman–Crippen LogP) is 4.10. The van der Waals surface area contributed by atoms with Crippen molar-refractivity contribution in [1.82, 2.24) is 0 Å². The Morgan fingerprint density at radius 3 is 2.05 bits per heavy atom. The number of hydrogen-bond acceptors (Lipinski definition) is 2. The van der Waals surface area contributed by atoms with Crippen LogP contribution >= 0.6 is 11.6 Å². The van der Waals surface area contributed by atoms with E-state index >= 15 is 0 Å². The molecule has 0 N–H and O–H groups in total. The number of halogens is 1. The van der Waals surface area contributed by atoms with Crippen LogP contribution in [0.5, 0.6) is 0 Å². The van der Waals surface area contributed by atoms with Gasteiger partial charge in [-0.2, -0.15) is 0 Å². The molecule has 0 heterocycles. The zero-order chi connectivity index (χ0) is 14.2. The Bertz CT molecular complexity index is 711. The molecule has 19 heavy (non-hydrogen) atoms. The van der Waals surface area contributed by atoms with Gasteiger partial charge in [0, 0.05) is 5.02 Å². The summed E-state index contributed by atoms with van der Waals surface area (Å²) in [7, 11) is -3.52. The highest BCUT2D eigenvalue weighted by molar-refractivity contribution is 7.91. The SMILES string of the molecule is Cc1cc(C)c(S(=O)(=O)c2cccc(Cl)c2)c(C)c1. The number of benzene rings is 2. The molecule has 0 bridgehead atoms. The van der Waals surface area contributed by atoms with Crippen molar-refractivity contribution in [3.05, 3.63) is 58.1 Å². The van der Waals surface area contributed by atoms with Gasteiger partial charge in [-0.3, -0.25) is 0 Å². The molecule has 0 amide bonds. The third-order valence-corrected chi connectivity index (χ3v) is 5.27. The molecule has 0 unspecified atom stereocenters. The molecule has 2 rings (SSSR count). The molecule has 2 aromatic carbocycles. The lowest BCUT2D eigenvalue weighted by Crippen LogP contribution is -2.07. The van der Waals surface area contributed by atoms with E-state index in [1.165, 1.54) is 6.07 Å². The van der Waals surface area contributed by atoms with E-state index in [4.69, 9.17) is 11.6 Å². The molecule has 0 atom stereocenters. The lowest BCUT2D eigenvalue weighted by molar-refractivity contribution is 0.595. The maximum Gasteiger partial charge on any atom is 0.207 e. The van der Waals surface area contributed by atoms with Crippen molar-refractivity contribution in [2.45, 2.75) is 30.6 Å². The predicted molar refractivity (Wildman–Crippen MR) is 77.6 cm³/mol. The first-order chi connectivity index (χ1) is 8.82. The van der Waals surface area contributed by atoms with E-state index < -0.39 is 9.84 Å². The van der Waals surface area contributed by atoms with Gasteiger partial charge < -0.3 is 0 Å². The van der Waals surface area contributed by atoms with Crippen molar-refractivity contribution in [1.29, 1.82) is 0 Å².